The first-order chi connectivity index (χ1) is 6.18. The molecule has 0 aromatic heterocycles. The van der Waals surface area contributed by atoms with E-state index in [9.17, 15) is 4.79 Å². The molecule has 1 aromatic rings. The molecule has 0 fully saturated rings. The zero-order valence-electron chi connectivity index (χ0n) is 7.32. The lowest BCUT2D eigenvalue weighted by atomic mass is 10.2. The van der Waals surface area contributed by atoms with Gasteiger partial charge in [0, 0.05) is 0 Å². The van der Waals surface area contributed by atoms with Gasteiger partial charge in [-0.3, -0.25) is 4.79 Å². The maximum absolute atomic E-state index is 11.2. The molecule has 0 bridgehead atoms. The van der Waals surface area contributed by atoms with Crippen LogP contribution in [0, 0.1) is 5.92 Å². The van der Waals surface area contributed by atoms with Crippen LogP contribution in [0.5, 0.6) is 5.75 Å². The summed E-state index contributed by atoms with van der Waals surface area (Å²) in [4.78, 5) is 11.2. The van der Waals surface area contributed by atoms with Crippen molar-refractivity contribution >= 4 is 5.57 Å². The molecule has 1 N–H and O–H groups in total. The van der Waals surface area contributed by atoms with Crippen LogP contribution >= 0.6 is 0 Å². The SMILES string of the molecule is C[C@@H]1C=C1c1cccc(O)c(=O)c1. The summed E-state index contributed by atoms with van der Waals surface area (Å²) in [6.45, 7) is 2.08. The molecule has 0 saturated heterocycles. The third-order valence-electron chi connectivity index (χ3n) is 2.21. The van der Waals surface area contributed by atoms with Crippen LogP contribution < -0.4 is 5.43 Å². The molecule has 2 heteroatoms. The van der Waals surface area contributed by atoms with Crippen molar-refractivity contribution < 1.29 is 5.11 Å². The monoisotopic (exact) mass is 174 g/mol. The molecule has 0 spiro atoms. The van der Waals surface area contributed by atoms with Gasteiger partial charge in [0.1, 0.15) is 0 Å². The average molecular weight is 174 g/mol. The maximum Gasteiger partial charge on any atom is 0.220 e. The lowest BCUT2D eigenvalue weighted by Crippen LogP contribution is -1.93. The molecule has 1 atom stereocenters. The van der Waals surface area contributed by atoms with Crippen LogP contribution in [0.15, 0.2) is 35.1 Å². The van der Waals surface area contributed by atoms with Crippen LogP contribution in [-0.4, -0.2) is 5.11 Å². The first kappa shape index (κ1) is 8.05. The van der Waals surface area contributed by atoms with Crippen LogP contribution in [0.1, 0.15) is 12.5 Å². The normalized spacial score (nSPS) is 19.5. The molecular formula is C11H10O2. The predicted octanol–water partition coefficient (Wildman–Crippen LogP) is 1.79. The van der Waals surface area contributed by atoms with E-state index < -0.39 is 0 Å². The fourth-order valence-corrected chi connectivity index (χ4v) is 1.35. The maximum atomic E-state index is 11.2. The summed E-state index contributed by atoms with van der Waals surface area (Å²) in [6.07, 6.45) is 2.09. The third-order valence-corrected chi connectivity index (χ3v) is 2.21. The fraction of sp³-hybridized carbons (Fsp3) is 0.182. The van der Waals surface area contributed by atoms with Gasteiger partial charge in [-0.15, -0.1) is 0 Å². The molecule has 0 heterocycles. The molecule has 2 rings (SSSR count). The highest BCUT2D eigenvalue weighted by Gasteiger charge is 2.20. The molecule has 1 aliphatic carbocycles. The Labute approximate surface area is 76.2 Å². The minimum atomic E-state index is -0.319. The fourth-order valence-electron chi connectivity index (χ4n) is 1.35. The van der Waals surface area contributed by atoms with E-state index in [1.165, 1.54) is 17.7 Å². The minimum absolute atomic E-state index is 0.194. The Bertz CT molecular complexity index is 432. The number of rotatable bonds is 1. The molecule has 13 heavy (non-hydrogen) atoms. The second-order valence-corrected chi connectivity index (χ2v) is 3.29. The second-order valence-electron chi connectivity index (χ2n) is 3.29. The van der Waals surface area contributed by atoms with Crippen molar-refractivity contribution in [1.29, 1.82) is 0 Å². The van der Waals surface area contributed by atoms with Crippen molar-refractivity contribution in [2.45, 2.75) is 6.92 Å². The quantitative estimate of drug-likeness (QED) is 0.704. The second kappa shape index (κ2) is 2.73. The Balaban J connectivity index is 2.52. The van der Waals surface area contributed by atoms with Crippen molar-refractivity contribution in [1.82, 2.24) is 0 Å². The molecule has 0 unspecified atom stereocenters. The van der Waals surface area contributed by atoms with E-state index in [-0.39, 0.29) is 11.2 Å². The Kier molecular flexibility index (Phi) is 1.69. The van der Waals surface area contributed by atoms with Crippen LogP contribution in [0.2, 0.25) is 0 Å². The van der Waals surface area contributed by atoms with Gasteiger partial charge in [-0.25, -0.2) is 0 Å². The van der Waals surface area contributed by atoms with E-state index >= 15 is 0 Å². The average Bonchev–Trinajstić information content (AvgIpc) is 2.80. The summed E-state index contributed by atoms with van der Waals surface area (Å²) in [5.41, 5.74) is 1.78. The van der Waals surface area contributed by atoms with Crippen molar-refractivity contribution in [2.75, 3.05) is 0 Å². The molecule has 2 nitrogen and oxygen atoms in total. The number of aromatic hydroxyl groups is 1. The summed E-state index contributed by atoms with van der Waals surface area (Å²) >= 11 is 0. The molecule has 0 amide bonds. The van der Waals surface area contributed by atoms with Gasteiger partial charge < -0.3 is 5.11 Å². The van der Waals surface area contributed by atoms with Gasteiger partial charge >= 0.3 is 0 Å². The van der Waals surface area contributed by atoms with Gasteiger partial charge in [0.05, 0.1) is 0 Å². The van der Waals surface area contributed by atoms with Crippen LogP contribution in [0.3, 0.4) is 0 Å². The largest absolute Gasteiger partial charge is 0.504 e. The molecular weight excluding hydrogens is 164 g/mol. The van der Waals surface area contributed by atoms with E-state index in [2.05, 4.69) is 13.0 Å². The molecule has 66 valence electrons. The van der Waals surface area contributed by atoms with Gasteiger partial charge in [0.2, 0.25) is 5.43 Å². The third kappa shape index (κ3) is 1.47. The number of allylic oxidation sites excluding steroid dienone is 2. The Morgan fingerprint density at radius 2 is 2.08 bits per heavy atom. The Morgan fingerprint density at radius 3 is 2.69 bits per heavy atom. The van der Waals surface area contributed by atoms with Gasteiger partial charge in [-0.05, 0) is 29.2 Å². The van der Waals surface area contributed by atoms with Gasteiger partial charge in [-0.1, -0.05) is 25.1 Å². The van der Waals surface area contributed by atoms with E-state index in [0.29, 0.717) is 5.92 Å². The van der Waals surface area contributed by atoms with Crippen LogP contribution in [-0.2, 0) is 0 Å². The standard InChI is InChI=1S/C11H10O2/c1-7-5-9(7)8-3-2-4-10(12)11(13)6-8/h2-7H,1H3,(H,12,13)/t7-/m1/s1. The lowest BCUT2D eigenvalue weighted by molar-refractivity contribution is 0.471. The molecule has 0 saturated carbocycles. The van der Waals surface area contributed by atoms with Crippen molar-refractivity contribution in [3.63, 3.8) is 0 Å². The summed E-state index contributed by atoms with van der Waals surface area (Å²) in [5.74, 6) is 0.282. The van der Waals surface area contributed by atoms with Crippen LogP contribution in [0.4, 0.5) is 0 Å². The van der Waals surface area contributed by atoms with Gasteiger partial charge in [-0.2, -0.15) is 0 Å². The van der Waals surface area contributed by atoms with Crippen molar-refractivity contribution in [2.24, 2.45) is 5.92 Å². The summed E-state index contributed by atoms with van der Waals surface area (Å²) in [6, 6.07) is 6.43. The highest BCUT2D eigenvalue weighted by Crippen LogP contribution is 2.36. The number of hydrogen-bond acceptors (Lipinski definition) is 2. The van der Waals surface area contributed by atoms with E-state index in [4.69, 9.17) is 5.11 Å². The summed E-state index contributed by atoms with van der Waals surface area (Å²) < 4.78 is 0. The molecule has 0 aliphatic heterocycles. The highest BCUT2D eigenvalue weighted by molar-refractivity contribution is 5.79. The number of hydrogen-bond donors (Lipinski definition) is 1. The molecule has 0 radical (unpaired) electrons. The first-order valence-corrected chi connectivity index (χ1v) is 4.24. The summed E-state index contributed by atoms with van der Waals surface area (Å²) in [7, 11) is 0. The van der Waals surface area contributed by atoms with Crippen LogP contribution in [0.25, 0.3) is 5.57 Å². The highest BCUT2D eigenvalue weighted by atomic mass is 16.3. The zero-order valence-corrected chi connectivity index (χ0v) is 7.32. The first-order valence-electron chi connectivity index (χ1n) is 4.24. The van der Waals surface area contributed by atoms with Crippen molar-refractivity contribution in [3.05, 3.63) is 46.1 Å². The molecule has 1 aliphatic rings. The van der Waals surface area contributed by atoms with Gasteiger partial charge in [0.15, 0.2) is 5.75 Å². The minimum Gasteiger partial charge on any atom is -0.504 e. The lowest BCUT2D eigenvalue weighted by Gasteiger charge is -1.88. The topological polar surface area (TPSA) is 37.3 Å². The van der Waals surface area contributed by atoms with E-state index in [1.807, 2.05) is 6.07 Å². The van der Waals surface area contributed by atoms with Gasteiger partial charge in [0.25, 0.3) is 0 Å². The zero-order chi connectivity index (χ0) is 9.42. The molecule has 1 aromatic carbocycles. The smallest absolute Gasteiger partial charge is 0.220 e. The van der Waals surface area contributed by atoms with E-state index in [0.717, 1.165) is 5.56 Å². The summed E-state index contributed by atoms with van der Waals surface area (Å²) in [5, 5.41) is 9.14. The predicted molar refractivity (Wildman–Crippen MR) is 51.5 cm³/mol. The van der Waals surface area contributed by atoms with Crippen molar-refractivity contribution in [3.8, 4) is 5.75 Å². The Hall–Kier alpha value is -1.57. The Morgan fingerprint density at radius 1 is 1.38 bits per heavy atom. The van der Waals surface area contributed by atoms with E-state index in [1.54, 1.807) is 6.07 Å².